The Hall–Kier alpha value is -0.620. The van der Waals surface area contributed by atoms with Crippen molar-refractivity contribution in [3.63, 3.8) is 0 Å². The molecule has 0 spiro atoms. The highest BCUT2D eigenvalue weighted by atomic mass is 79.9. The quantitative estimate of drug-likeness (QED) is 0.716. The minimum Gasteiger partial charge on any atom is -0.490 e. The molecule has 0 heterocycles. The van der Waals surface area contributed by atoms with Gasteiger partial charge in [0.25, 0.3) is 0 Å². The zero-order chi connectivity index (χ0) is 12.5. The van der Waals surface area contributed by atoms with Crippen molar-refractivity contribution in [3.05, 3.63) is 28.2 Å². The number of nitrogens with one attached hydrogen (secondary N) is 1. The van der Waals surface area contributed by atoms with Gasteiger partial charge < -0.3 is 19.9 Å². The van der Waals surface area contributed by atoms with Gasteiger partial charge in [0.1, 0.15) is 12.4 Å². The van der Waals surface area contributed by atoms with Gasteiger partial charge in [-0.2, -0.15) is 0 Å². The molecule has 0 fully saturated rings. The topological polar surface area (TPSA) is 50.7 Å². The fourth-order valence-corrected chi connectivity index (χ4v) is 1.87. The Bertz CT molecular complexity index is 334. The SMILES string of the molecule is COCCNCc1ccc(OCCO)c(Br)c1. The third kappa shape index (κ3) is 5.50. The number of aliphatic hydroxyl groups is 1. The second-order valence-electron chi connectivity index (χ2n) is 3.51. The van der Waals surface area contributed by atoms with Crippen LogP contribution in [0.5, 0.6) is 5.75 Å². The fraction of sp³-hybridized carbons (Fsp3) is 0.500. The Morgan fingerprint density at radius 3 is 2.82 bits per heavy atom. The molecular formula is C12H18BrNO3. The van der Waals surface area contributed by atoms with E-state index in [0.29, 0.717) is 13.2 Å². The lowest BCUT2D eigenvalue weighted by Gasteiger charge is -2.09. The highest BCUT2D eigenvalue weighted by Gasteiger charge is 2.02. The molecule has 0 amide bonds. The monoisotopic (exact) mass is 303 g/mol. The molecule has 5 heteroatoms. The normalized spacial score (nSPS) is 10.5. The van der Waals surface area contributed by atoms with Gasteiger partial charge in [0, 0.05) is 20.2 Å². The molecule has 0 atom stereocenters. The zero-order valence-corrected chi connectivity index (χ0v) is 11.5. The highest BCUT2D eigenvalue weighted by Crippen LogP contribution is 2.25. The minimum atomic E-state index is 0.0206. The predicted octanol–water partition coefficient (Wildman–Crippen LogP) is 1.56. The van der Waals surface area contributed by atoms with E-state index in [1.54, 1.807) is 7.11 Å². The zero-order valence-electron chi connectivity index (χ0n) is 9.91. The van der Waals surface area contributed by atoms with Crippen LogP contribution in [0.1, 0.15) is 5.56 Å². The summed E-state index contributed by atoms with van der Waals surface area (Å²) in [5.41, 5.74) is 1.17. The van der Waals surface area contributed by atoms with E-state index in [4.69, 9.17) is 14.6 Å². The fourth-order valence-electron chi connectivity index (χ4n) is 1.33. The van der Waals surface area contributed by atoms with Gasteiger partial charge in [-0.15, -0.1) is 0 Å². The van der Waals surface area contributed by atoms with Crippen LogP contribution < -0.4 is 10.1 Å². The molecule has 96 valence electrons. The first kappa shape index (κ1) is 14.4. The second-order valence-corrected chi connectivity index (χ2v) is 4.36. The van der Waals surface area contributed by atoms with Gasteiger partial charge in [0.2, 0.25) is 0 Å². The predicted molar refractivity (Wildman–Crippen MR) is 70.3 cm³/mol. The number of hydrogen-bond acceptors (Lipinski definition) is 4. The van der Waals surface area contributed by atoms with Crippen molar-refractivity contribution in [2.24, 2.45) is 0 Å². The summed E-state index contributed by atoms with van der Waals surface area (Å²) in [5, 5.41) is 11.9. The van der Waals surface area contributed by atoms with Crippen molar-refractivity contribution in [2.45, 2.75) is 6.54 Å². The van der Waals surface area contributed by atoms with E-state index in [1.165, 1.54) is 5.56 Å². The summed E-state index contributed by atoms with van der Waals surface area (Å²) in [5.74, 6) is 0.750. The molecule has 0 aliphatic rings. The van der Waals surface area contributed by atoms with Gasteiger partial charge in [-0.1, -0.05) is 6.07 Å². The maximum absolute atomic E-state index is 8.68. The molecule has 0 unspecified atom stereocenters. The van der Waals surface area contributed by atoms with E-state index < -0.39 is 0 Å². The van der Waals surface area contributed by atoms with E-state index in [0.717, 1.165) is 23.3 Å². The van der Waals surface area contributed by atoms with Crippen LogP contribution in [0.15, 0.2) is 22.7 Å². The average Bonchev–Trinajstić information content (AvgIpc) is 2.34. The summed E-state index contributed by atoms with van der Waals surface area (Å²) >= 11 is 3.44. The Labute approximate surface area is 110 Å². The van der Waals surface area contributed by atoms with Crippen molar-refractivity contribution < 1.29 is 14.6 Å². The molecule has 0 radical (unpaired) electrons. The summed E-state index contributed by atoms with van der Waals surface area (Å²) in [6, 6.07) is 5.90. The molecule has 0 saturated heterocycles. The molecule has 0 aliphatic heterocycles. The summed E-state index contributed by atoms with van der Waals surface area (Å²) in [6.45, 7) is 2.66. The van der Waals surface area contributed by atoms with Gasteiger partial charge in [0.05, 0.1) is 17.7 Å². The van der Waals surface area contributed by atoms with Crippen LogP contribution in [-0.4, -0.2) is 38.6 Å². The van der Waals surface area contributed by atoms with Crippen LogP contribution in [0.2, 0.25) is 0 Å². The van der Waals surface area contributed by atoms with Crippen LogP contribution in [0, 0.1) is 0 Å². The molecule has 17 heavy (non-hydrogen) atoms. The molecule has 1 aromatic carbocycles. The lowest BCUT2D eigenvalue weighted by molar-refractivity contribution is 0.199. The molecule has 0 saturated carbocycles. The lowest BCUT2D eigenvalue weighted by Crippen LogP contribution is -2.18. The van der Waals surface area contributed by atoms with Crippen LogP contribution in [0.4, 0.5) is 0 Å². The van der Waals surface area contributed by atoms with Crippen molar-refractivity contribution >= 4 is 15.9 Å². The summed E-state index contributed by atoms with van der Waals surface area (Å²) in [6.07, 6.45) is 0. The first-order chi connectivity index (χ1) is 8.27. The summed E-state index contributed by atoms with van der Waals surface area (Å²) in [4.78, 5) is 0. The molecule has 1 aromatic rings. The van der Waals surface area contributed by atoms with E-state index in [-0.39, 0.29) is 6.61 Å². The lowest BCUT2D eigenvalue weighted by atomic mass is 10.2. The molecule has 2 N–H and O–H groups in total. The molecule has 1 rings (SSSR count). The van der Waals surface area contributed by atoms with Crippen LogP contribution >= 0.6 is 15.9 Å². The third-order valence-electron chi connectivity index (χ3n) is 2.16. The highest BCUT2D eigenvalue weighted by molar-refractivity contribution is 9.10. The Morgan fingerprint density at radius 2 is 2.18 bits per heavy atom. The Kier molecular flexibility index (Phi) is 7.19. The van der Waals surface area contributed by atoms with E-state index in [9.17, 15) is 0 Å². The number of methoxy groups -OCH3 is 1. The third-order valence-corrected chi connectivity index (χ3v) is 2.78. The summed E-state index contributed by atoms with van der Waals surface area (Å²) < 4.78 is 11.2. The van der Waals surface area contributed by atoms with Crippen molar-refractivity contribution in [1.82, 2.24) is 5.32 Å². The van der Waals surface area contributed by atoms with Crippen molar-refractivity contribution in [2.75, 3.05) is 33.5 Å². The number of aliphatic hydroxyl groups excluding tert-OH is 1. The van der Waals surface area contributed by atoms with Crippen LogP contribution in [-0.2, 0) is 11.3 Å². The van der Waals surface area contributed by atoms with Gasteiger partial charge in [0.15, 0.2) is 0 Å². The maximum atomic E-state index is 8.68. The number of rotatable bonds is 8. The number of halogens is 1. The van der Waals surface area contributed by atoms with Crippen molar-refractivity contribution in [3.8, 4) is 5.75 Å². The second kappa shape index (κ2) is 8.47. The van der Waals surface area contributed by atoms with Gasteiger partial charge in [-0.25, -0.2) is 0 Å². The first-order valence-corrected chi connectivity index (χ1v) is 6.29. The smallest absolute Gasteiger partial charge is 0.133 e. The van der Waals surface area contributed by atoms with Crippen LogP contribution in [0.3, 0.4) is 0 Å². The largest absolute Gasteiger partial charge is 0.490 e. The summed E-state index contributed by atoms with van der Waals surface area (Å²) in [7, 11) is 1.69. The number of ether oxygens (including phenoxy) is 2. The molecular weight excluding hydrogens is 286 g/mol. The van der Waals surface area contributed by atoms with E-state index >= 15 is 0 Å². The first-order valence-electron chi connectivity index (χ1n) is 5.49. The van der Waals surface area contributed by atoms with E-state index in [1.807, 2.05) is 18.2 Å². The Morgan fingerprint density at radius 1 is 1.35 bits per heavy atom. The molecule has 0 aliphatic carbocycles. The van der Waals surface area contributed by atoms with Gasteiger partial charge in [-0.3, -0.25) is 0 Å². The number of benzene rings is 1. The Balaban J connectivity index is 2.44. The van der Waals surface area contributed by atoms with Crippen LogP contribution in [0.25, 0.3) is 0 Å². The van der Waals surface area contributed by atoms with E-state index in [2.05, 4.69) is 21.2 Å². The van der Waals surface area contributed by atoms with Gasteiger partial charge in [-0.05, 0) is 33.6 Å². The van der Waals surface area contributed by atoms with Gasteiger partial charge >= 0.3 is 0 Å². The molecule has 0 bridgehead atoms. The minimum absolute atomic E-state index is 0.0206. The standard InChI is InChI=1S/C12H18BrNO3/c1-16-6-4-14-9-10-2-3-12(11(13)8-10)17-7-5-15/h2-3,8,14-15H,4-7,9H2,1H3. The number of hydrogen-bond donors (Lipinski definition) is 2. The molecule has 0 aromatic heterocycles. The molecule has 4 nitrogen and oxygen atoms in total. The maximum Gasteiger partial charge on any atom is 0.133 e. The van der Waals surface area contributed by atoms with Crippen molar-refractivity contribution in [1.29, 1.82) is 0 Å². The average molecular weight is 304 g/mol.